The first-order valence-corrected chi connectivity index (χ1v) is 12.5. The number of hydrogen-bond donors (Lipinski definition) is 1. The van der Waals surface area contributed by atoms with Gasteiger partial charge in [-0.05, 0) is 75.1 Å². The summed E-state index contributed by atoms with van der Waals surface area (Å²) in [5.74, 6) is -1.10. The highest BCUT2D eigenvalue weighted by atomic mass is 32.2. The van der Waals surface area contributed by atoms with E-state index in [4.69, 9.17) is 9.31 Å². The van der Waals surface area contributed by atoms with E-state index >= 15 is 0 Å². The van der Waals surface area contributed by atoms with E-state index in [2.05, 4.69) is 20.0 Å². The van der Waals surface area contributed by atoms with Crippen LogP contribution >= 0.6 is 11.8 Å². The fourth-order valence-electron chi connectivity index (χ4n) is 3.49. The Morgan fingerprint density at radius 3 is 2.21 bits per heavy atom. The quantitative estimate of drug-likeness (QED) is 0.184. The van der Waals surface area contributed by atoms with E-state index in [1.54, 1.807) is 0 Å². The summed E-state index contributed by atoms with van der Waals surface area (Å²) in [6, 6.07) is 9.28. The Balaban J connectivity index is 1.50. The lowest BCUT2D eigenvalue weighted by Crippen LogP contribution is -2.41. The Morgan fingerprint density at radius 1 is 1.03 bits per heavy atom. The Kier molecular flexibility index (Phi) is 7.73. The molecule has 4 rings (SSSR count). The molecule has 7 nitrogen and oxygen atoms in total. The number of halogens is 4. The largest absolute Gasteiger partial charge is 0.573 e. The van der Waals surface area contributed by atoms with Gasteiger partial charge in [0.1, 0.15) is 11.6 Å². The first kappa shape index (κ1) is 27.9. The van der Waals surface area contributed by atoms with E-state index < -0.39 is 36.4 Å². The van der Waals surface area contributed by atoms with Crippen molar-refractivity contribution in [1.29, 1.82) is 0 Å². The molecule has 3 aromatic rings. The number of amides is 1. The minimum Gasteiger partial charge on any atom is -0.406 e. The lowest BCUT2D eigenvalue weighted by atomic mass is 9.76. The molecule has 0 spiro atoms. The zero-order chi connectivity index (χ0) is 27.7. The number of carbonyl (C=O) groups excluding carboxylic acids is 1. The molecule has 0 aliphatic carbocycles. The number of hydrogen-bond acceptors (Lipinski definition) is 7. The maximum absolute atomic E-state index is 13.1. The summed E-state index contributed by atoms with van der Waals surface area (Å²) in [7, 11) is -0.797. The molecule has 1 aliphatic rings. The van der Waals surface area contributed by atoms with Gasteiger partial charge in [0.15, 0.2) is 5.16 Å². The molecule has 38 heavy (non-hydrogen) atoms. The van der Waals surface area contributed by atoms with Crippen molar-refractivity contribution in [3.8, 4) is 5.75 Å². The Hall–Kier alpha value is -3.16. The standard InChI is InChI=1S/C25H24BF4N3O4S/c1-23(2)24(3,4)37-26(36-23)20-10-9-19(35-25(28,29)30)11-15(20)14-38-22-31-12-16(13-32-22)21(34)33-18-7-5-17(27)6-8-18/h5-13H,14H2,1-4H3,(H,33,34). The van der Waals surface area contributed by atoms with Crippen molar-refractivity contribution in [1.82, 2.24) is 9.97 Å². The molecule has 2 aromatic carbocycles. The highest BCUT2D eigenvalue weighted by Gasteiger charge is 2.52. The average Bonchev–Trinajstić information content (AvgIpc) is 3.05. The number of carbonyl (C=O) groups is 1. The SMILES string of the molecule is CC1(C)OB(c2ccc(OC(F)(F)F)cc2CSc2ncc(C(=O)Nc3ccc(F)cc3)cn2)OC1(C)C. The van der Waals surface area contributed by atoms with Gasteiger partial charge in [0.25, 0.3) is 5.91 Å². The fourth-order valence-corrected chi connectivity index (χ4v) is 4.28. The number of thioether (sulfide) groups is 1. The van der Waals surface area contributed by atoms with Gasteiger partial charge in [-0.3, -0.25) is 4.79 Å². The summed E-state index contributed by atoms with van der Waals surface area (Å²) < 4.78 is 67.9. The van der Waals surface area contributed by atoms with E-state index in [-0.39, 0.29) is 17.1 Å². The number of nitrogens with one attached hydrogen (secondary N) is 1. The van der Waals surface area contributed by atoms with Crippen LogP contribution in [0.1, 0.15) is 43.6 Å². The zero-order valence-corrected chi connectivity index (χ0v) is 21.7. The number of benzene rings is 2. The molecule has 13 heteroatoms. The van der Waals surface area contributed by atoms with Crippen LogP contribution in [0.4, 0.5) is 23.2 Å². The van der Waals surface area contributed by atoms with Crippen LogP contribution in [0.3, 0.4) is 0 Å². The average molecular weight is 549 g/mol. The molecule has 1 N–H and O–H groups in total. The number of anilines is 1. The van der Waals surface area contributed by atoms with Gasteiger partial charge in [0.05, 0.1) is 16.8 Å². The van der Waals surface area contributed by atoms with Crippen molar-refractivity contribution < 1.29 is 36.4 Å². The summed E-state index contributed by atoms with van der Waals surface area (Å²) in [5.41, 5.74) is 0.342. The van der Waals surface area contributed by atoms with Crippen LogP contribution in [0.25, 0.3) is 0 Å². The predicted octanol–water partition coefficient (Wildman–Crippen LogP) is 5.36. The van der Waals surface area contributed by atoms with Crippen LogP contribution in [-0.2, 0) is 15.1 Å². The molecule has 1 aromatic heterocycles. The molecule has 0 saturated carbocycles. The Labute approximate surface area is 221 Å². The number of rotatable bonds is 7. The topological polar surface area (TPSA) is 82.6 Å². The Bertz CT molecular complexity index is 1290. The molecular weight excluding hydrogens is 525 g/mol. The minimum absolute atomic E-state index is 0.176. The molecule has 1 saturated heterocycles. The first-order chi connectivity index (χ1) is 17.7. The fraction of sp³-hybridized carbons (Fsp3) is 0.320. The van der Waals surface area contributed by atoms with Crippen LogP contribution in [0, 0.1) is 5.82 Å². The predicted molar refractivity (Wildman–Crippen MR) is 135 cm³/mol. The highest BCUT2D eigenvalue weighted by molar-refractivity contribution is 7.98. The summed E-state index contributed by atoms with van der Waals surface area (Å²) in [5, 5.41) is 2.91. The van der Waals surface area contributed by atoms with Gasteiger partial charge in [-0.1, -0.05) is 17.8 Å². The van der Waals surface area contributed by atoms with Crippen LogP contribution < -0.4 is 15.5 Å². The summed E-state index contributed by atoms with van der Waals surface area (Å²) in [6.45, 7) is 7.52. The molecule has 1 fully saturated rings. The number of aromatic nitrogens is 2. The van der Waals surface area contributed by atoms with Gasteiger partial charge < -0.3 is 19.4 Å². The van der Waals surface area contributed by atoms with Crippen LogP contribution in [0.5, 0.6) is 5.75 Å². The van der Waals surface area contributed by atoms with Gasteiger partial charge in [0, 0.05) is 23.8 Å². The van der Waals surface area contributed by atoms with E-state index in [1.807, 2.05) is 27.7 Å². The zero-order valence-electron chi connectivity index (χ0n) is 20.9. The van der Waals surface area contributed by atoms with Crippen molar-refractivity contribution >= 4 is 35.9 Å². The van der Waals surface area contributed by atoms with Crippen molar-refractivity contribution in [3.05, 3.63) is 71.8 Å². The molecule has 0 atom stereocenters. The van der Waals surface area contributed by atoms with Crippen molar-refractivity contribution in [2.24, 2.45) is 0 Å². The van der Waals surface area contributed by atoms with Gasteiger partial charge >= 0.3 is 13.5 Å². The summed E-state index contributed by atoms with van der Waals surface area (Å²) in [4.78, 5) is 20.8. The normalized spacial score (nSPS) is 16.4. The third-order valence-corrected chi connectivity index (χ3v) is 7.13. The van der Waals surface area contributed by atoms with Gasteiger partial charge in [-0.25, -0.2) is 14.4 Å². The molecule has 200 valence electrons. The molecule has 1 amide bonds. The van der Waals surface area contributed by atoms with Gasteiger partial charge in [-0.15, -0.1) is 13.2 Å². The molecule has 0 bridgehead atoms. The maximum Gasteiger partial charge on any atom is 0.573 e. The van der Waals surface area contributed by atoms with Crippen LogP contribution in [-0.4, -0.2) is 40.6 Å². The monoisotopic (exact) mass is 549 g/mol. The smallest absolute Gasteiger partial charge is 0.406 e. The second-order valence-corrected chi connectivity index (χ2v) is 10.4. The lowest BCUT2D eigenvalue weighted by molar-refractivity contribution is -0.274. The van der Waals surface area contributed by atoms with Crippen molar-refractivity contribution in [2.75, 3.05) is 5.32 Å². The lowest BCUT2D eigenvalue weighted by Gasteiger charge is -2.32. The van der Waals surface area contributed by atoms with E-state index in [9.17, 15) is 22.4 Å². The van der Waals surface area contributed by atoms with Gasteiger partial charge in [-0.2, -0.15) is 0 Å². The molecule has 0 radical (unpaired) electrons. The molecule has 1 aliphatic heterocycles. The van der Waals surface area contributed by atoms with E-state index in [0.29, 0.717) is 21.9 Å². The summed E-state index contributed by atoms with van der Waals surface area (Å²) in [6.07, 6.45) is -2.19. The number of ether oxygens (including phenoxy) is 1. The van der Waals surface area contributed by atoms with Crippen molar-refractivity contribution in [2.45, 2.75) is 56.2 Å². The highest BCUT2D eigenvalue weighted by Crippen LogP contribution is 2.37. The second-order valence-electron chi connectivity index (χ2n) is 9.50. The van der Waals surface area contributed by atoms with E-state index in [0.717, 1.165) is 11.8 Å². The number of alkyl halides is 3. The Morgan fingerprint density at radius 2 is 1.63 bits per heavy atom. The first-order valence-electron chi connectivity index (χ1n) is 11.5. The molecule has 0 unspecified atom stereocenters. The third kappa shape index (κ3) is 6.64. The summed E-state index contributed by atoms with van der Waals surface area (Å²) >= 11 is 1.16. The second kappa shape index (κ2) is 10.5. The van der Waals surface area contributed by atoms with Gasteiger partial charge in [0.2, 0.25) is 0 Å². The van der Waals surface area contributed by atoms with Crippen LogP contribution in [0.2, 0.25) is 0 Å². The maximum atomic E-state index is 13.1. The molecule has 2 heterocycles. The third-order valence-electron chi connectivity index (χ3n) is 6.20. The number of nitrogens with zero attached hydrogens (tertiary/aromatic N) is 2. The molecular formula is C25H24BF4N3O4S. The van der Waals surface area contributed by atoms with Crippen LogP contribution in [0.15, 0.2) is 60.0 Å². The van der Waals surface area contributed by atoms with Crippen molar-refractivity contribution in [3.63, 3.8) is 0 Å². The minimum atomic E-state index is -4.84. The van der Waals surface area contributed by atoms with E-state index in [1.165, 1.54) is 54.9 Å².